The van der Waals surface area contributed by atoms with Crippen LogP contribution >= 0.6 is 0 Å². The number of hydrogen-bond acceptors (Lipinski definition) is 7. The van der Waals surface area contributed by atoms with Gasteiger partial charge in [-0.25, -0.2) is 9.37 Å². The van der Waals surface area contributed by atoms with E-state index in [-0.39, 0.29) is 17.1 Å². The molecule has 0 spiro atoms. The number of aromatic amines is 1. The molecule has 1 saturated heterocycles. The second-order valence-electron chi connectivity index (χ2n) is 5.07. The van der Waals surface area contributed by atoms with Gasteiger partial charge in [0, 0.05) is 0 Å². The number of alkyl halides is 1. The van der Waals surface area contributed by atoms with E-state index >= 15 is 4.39 Å². The monoisotopic (exact) mass is 323 g/mol. The number of nitrogens with two attached hydrogens (primary N) is 1. The summed E-state index contributed by atoms with van der Waals surface area (Å²) in [5, 5.41) is 19.3. The first-order valence-electron chi connectivity index (χ1n) is 6.72. The van der Waals surface area contributed by atoms with Crippen molar-refractivity contribution in [2.75, 3.05) is 12.3 Å². The van der Waals surface area contributed by atoms with Crippen LogP contribution in [0.1, 0.15) is 13.2 Å². The van der Waals surface area contributed by atoms with Crippen molar-refractivity contribution in [1.29, 1.82) is 0 Å². The van der Waals surface area contributed by atoms with Gasteiger partial charge in [0.2, 0.25) is 11.6 Å². The van der Waals surface area contributed by atoms with Crippen LogP contribution in [0.4, 0.5) is 10.3 Å². The number of ether oxygens (including phenoxy) is 1. The summed E-state index contributed by atoms with van der Waals surface area (Å²) in [7, 11) is 0. The molecule has 2 unspecified atom stereocenters. The van der Waals surface area contributed by atoms with E-state index < -0.39 is 36.3 Å². The molecule has 0 aliphatic carbocycles. The van der Waals surface area contributed by atoms with Crippen LogP contribution in [0.25, 0.3) is 11.2 Å². The molecule has 0 bridgehead atoms. The number of anilines is 1. The van der Waals surface area contributed by atoms with Crippen LogP contribution < -0.4 is 11.3 Å². The number of H-pyrrole nitrogens is 1. The Morgan fingerprint density at radius 3 is 3.04 bits per heavy atom. The zero-order valence-electron chi connectivity index (χ0n) is 12.0. The van der Waals surface area contributed by atoms with E-state index in [4.69, 9.17) is 10.5 Å². The van der Waals surface area contributed by atoms with Gasteiger partial charge in [-0.3, -0.25) is 14.3 Å². The third kappa shape index (κ3) is 2.17. The number of nitrogens with one attached hydrogen (secondary N) is 1. The molecule has 122 valence electrons. The molecule has 0 amide bonds. The molecular formula is C13H14FN5O4. The SMILES string of the molecule is CC#CC1(F)C(O)[C@@H](CO)O[C@H]1n1cnc2c(=O)[nH]c(N)nc21. The number of aromatic nitrogens is 4. The minimum Gasteiger partial charge on any atom is -0.394 e. The van der Waals surface area contributed by atoms with Gasteiger partial charge in [-0.15, -0.1) is 5.92 Å². The Bertz CT molecular complexity index is 869. The number of rotatable bonds is 2. The van der Waals surface area contributed by atoms with Crippen LogP contribution in [0.3, 0.4) is 0 Å². The second-order valence-corrected chi connectivity index (χ2v) is 5.07. The lowest BCUT2D eigenvalue weighted by molar-refractivity contribution is -0.0504. The summed E-state index contributed by atoms with van der Waals surface area (Å²) in [6.07, 6.45) is -3.15. The highest BCUT2D eigenvalue weighted by molar-refractivity contribution is 5.70. The fraction of sp³-hybridized carbons (Fsp3) is 0.462. The van der Waals surface area contributed by atoms with Crippen molar-refractivity contribution >= 4 is 17.1 Å². The number of hydrogen-bond donors (Lipinski definition) is 4. The van der Waals surface area contributed by atoms with Crippen molar-refractivity contribution in [3.63, 3.8) is 0 Å². The Labute approximate surface area is 128 Å². The van der Waals surface area contributed by atoms with E-state index in [1.54, 1.807) is 0 Å². The van der Waals surface area contributed by atoms with E-state index in [9.17, 15) is 15.0 Å². The highest BCUT2D eigenvalue weighted by atomic mass is 19.1. The zero-order valence-corrected chi connectivity index (χ0v) is 12.0. The molecule has 0 saturated carbocycles. The van der Waals surface area contributed by atoms with Crippen molar-refractivity contribution in [2.24, 2.45) is 0 Å². The largest absolute Gasteiger partial charge is 0.394 e. The number of fused-ring (bicyclic) bond motifs is 1. The molecule has 4 atom stereocenters. The average molecular weight is 323 g/mol. The molecule has 10 heteroatoms. The number of nitrogen functional groups attached to an aromatic ring is 1. The van der Waals surface area contributed by atoms with Gasteiger partial charge in [0.15, 0.2) is 17.4 Å². The molecule has 3 heterocycles. The highest BCUT2D eigenvalue weighted by Crippen LogP contribution is 2.42. The van der Waals surface area contributed by atoms with Gasteiger partial charge in [-0.1, -0.05) is 5.92 Å². The first-order valence-corrected chi connectivity index (χ1v) is 6.72. The quantitative estimate of drug-likeness (QED) is 0.503. The molecule has 1 aliphatic heterocycles. The summed E-state index contributed by atoms with van der Waals surface area (Å²) in [5.74, 6) is 4.49. The lowest BCUT2D eigenvalue weighted by Gasteiger charge is -2.23. The minimum atomic E-state index is -2.51. The first-order chi connectivity index (χ1) is 10.9. The Kier molecular flexibility index (Phi) is 3.56. The van der Waals surface area contributed by atoms with Crippen LogP contribution in [0, 0.1) is 11.8 Å². The Morgan fingerprint density at radius 2 is 2.39 bits per heavy atom. The van der Waals surface area contributed by atoms with Crippen molar-refractivity contribution in [1.82, 2.24) is 19.5 Å². The molecule has 3 rings (SSSR count). The maximum absolute atomic E-state index is 15.2. The van der Waals surface area contributed by atoms with Gasteiger partial charge in [-0.05, 0) is 6.92 Å². The predicted octanol–water partition coefficient (Wildman–Crippen LogP) is -1.32. The molecule has 2 aromatic rings. The smallest absolute Gasteiger partial charge is 0.280 e. The summed E-state index contributed by atoms with van der Waals surface area (Å²) in [6.45, 7) is 0.807. The number of aliphatic hydroxyl groups excluding tert-OH is 2. The fourth-order valence-corrected chi connectivity index (χ4v) is 2.61. The zero-order chi connectivity index (χ0) is 16.8. The van der Waals surface area contributed by atoms with Crippen LogP contribution in [0.5, 0.6) is 0 Å². The molecule has 9 nitrogen and oxygen atoms in total. The van der Waals surface area contributed by atoms with Crippen LogP contribution in [0.2, 0.25) is 0 Å². The summed E-state index contributed by atoms with van der Waals surface area (Å²) < 4.78 is 21.8. The van der Waals surface area contributed by atoms with E-state index in [1.807, 2.05) is 0 Å². The highest BCUT2D eigenvalue weighted by Gasteiger charge is 2.57. The Balaban J connectivity index is 2.20. The Hall–Kier alpha value is -2.48. The fourth-order valence-electron chi connectivity index (χ4n) is 2.61. The number of imidazole rings is 1. The van der Waals surface area contributed by atoms with Crippen molar-refractivity contribution in [3.8, 4) is 11.8 Å². The minimum absolute atomic E-state index is 0.0121. The molecule has 0 aromatic carbocycles. The summed E-state index contributed by atoms with van der Waals surface area (Å²) in [5.41, 5.74) is 2.33. The normalized spacial score (nSPS) is 30.3. The van der Waals surface area contributed by atoms with Crippen LogP contribution in [-0.4, -0.2) is 54.2 Å². The first kappa shape index (κ1) is 15.4. The molecule has 2 aromatic heterocycles. The summed E-state index contributed by atoms with van der Waals surface area (Å²) in [4.78, 5) is 21.9. The summed E-state index contributed by atoms with van der Waals surface area (Å²) in [6, 6.07) is 0. The molecule has 1 aliphatic rings. The van der Waals surface area contributed by atoms with Gasteiger partial charge in [0.05, 0.1) is 12.9 Å². The van der Waals surface area contributed by atoms with Gasteiger partial charge in [-0.2, -0.15) is 4.98 Å². The summed E-state index contributed by atoms with van der Waals surface area (Å²) >= 11 is 0. The van der Waals surface area contributed by atoms with Gasteiger partial charge < -0.3 is 20.7 Å². The van der Waals surface area contributed by atoms with Crippen molar-refractivity contribution < 1.29 is 19.3 Å². The maximum atomic E-state index is 15.2. The lowest BCUT2D eigenvalue weighted by atomic mass is 9.96. The molecule has 0 radical (unpaired) electrons. The van der Waals surface area contributed by atoms with E-state index in [0.717, 1.165) is 10.9 Å². The van der Waals surface area contributed by atoms with Gasteiger partial charge in [0.1, 0.15) is 12.2 Å². The maximum Gasteiger partial charge on any atom is 0.280 e. The van der Waals surface area contributed by atoms with Crippen molar-refractivity contribution in [2.45, 2.75) is 31.0 Å². The van der Waals surface area contributed by atoms with E-state index in [1.165, 1.54) is 6.92 Å². The molecule has 5 N–H and O–H groups in total. The predicted molar refractivity (Wildman–Crippen MR) is 76.9 cm³/mol. The van der Waals surface area contributed by atoms with E-state index in [0.29, 0.717) is 0 Å². The topological polar surface area (TPSA) is 139 Å². The lowest BCUT2D eigenvalue weighted by Crippen LogP contribution is -2.42. The van der Waals surface area contributed by atoms with Gasteiger partial charge >= 0.3 is 0 Å². The number of halogens is 1. The van der Waals surface area contributed by atoms with Crippen LogP contribution in [0.15, 0.2) is 11.1 Å². The van der Waals surface area contributed by atoms with Crippen molar-refractivity contribution in [3.05, 3.63) is 16.7 Å². The second kappa shape index (κ2) is 5.31. The standard InChI is InChI=1S/C13H14FN5O4/c1-2-3-13(14)8(21)6(4-20)23-11(13)19-5-16-7-9(19)17-12(15)18-10(7)22/h5-6,8,11,20-21H,4H2,1H3,(H3,15,17,18,22)/t6-,8?,11-,13?/m1/s1. The average Bonchev–Trinajstić information content (AvgIpc) is 3.01. The number of nitrogens with zero attached hydrogens (tertiary/aromatic N) is 3. The Morgan fingerprint density at radius 1 is 1.65 bits per heavy atom. The third-order valence-electron chi connectivity index (χ3n) is 3.65. The molecular weight excluding hydrogens is 309 g/mol. The van der Waals surface area contributed by atoms with Crippen LogP contribution in [-0.2, 0) is 4.74 Å². The van der Waals surface area contributed by atoms with E-state index in [2.05, 4.69) is 26.8 Å². The molecule has 1 fully saturated rings. The number of aliphatic hydroxyl groups is 2. The van der Waals surface area contributed by atoms with Gasteiger partial charge in [0.25, 0.3) is 5.56 Å². The molecule has 23 heavy (non-hydrogen) atoms. The third-order valence-corrected chi connectivity index (χ3v) is 3.65.